The van der Waals surface area contributed by atoms with Crippen LogP contribution in [-0.4, -0.2) is 22.4 Å². The van der Waals surface area contributed by atoms with Gasteiger partial charge in [0.2, 0.25) is 5.89 Å². The molecule has 6 nitrogen and oxygen atoms in total. The summed E-state index contributed by atoms with van der Waals surface area (Å²) in [6.07, 6.45) is 4.61. The molecule has 0 aliphatic carbocycles. The number of carbonyl (C=O) groups excluding carboxylic acids is 1. The van der Waals surface area contributed by atoms with Crippen molar-refractivity contribution in [3.8, 4) is 5.75 Å². The second-order valence-electron chi connectivity index (χ2n) is 4.75. The highest BCUT2D eigenvalue weighted by Crippen LogP contribution is 2.23. The standard InChI is InChI=1S/C17H15N3O3/c1-2-8-19-17(21)13-10-23-15(20-13)11-22-14-7-3-5-12-6-4-9-18-16(12)14/h2-7,9-10H,1,8,11H2,(H,19,21). The number of oxazole rings is 1. The number of amides is 1. The molecular weight excluding hydrogens is 294 g/mol. The summed E-state index contributed by atoms with van der Waals surface area (Å²) < 4.78 is 11.0. The number of rotatable bonds is 6. The van der Waals surface area contributed by atoms with Gasteiger partial charge in [0.25, 0.3) is 5.91 Å². The van der Waals surface area contributed by atoms with Crippen molar-refractivity contribution < 1.29 is 13.9 Å². The van der Waals surface area contributed by atoms with Gasteiger partial charge in [-0.05, 0) is 12.1 Å². The van der Waals surface area contributed by atoms with Gasteiger partial charge in [-0.15, -0.1) is 6.58 Å². The molecule has 3 rings (SSSR count). The number of nitrogens with one attached hydrogen (secondary N) is 1. The summed E-state index contributed by atoms with van der Waals surface area (Å²) in [5, 5.41) is 3.62. The van der Waals surface area contributed by atoms with Gasteiger partial charge in [0.15, 0.2) is 12.3 Å². The van der Waals surface area contributed by atoms with Gasteiger partial charge < -0.3 is 14.5 Å². The van der Waals surface area contributed by atoms with E-state index in [9.17, 15) is 4.79 Å². The van der Waals surface area contributed by atoms with Crippen LogP contribution in [0.25, 0.3) is 10.9 Å². The van der Waals surface area contributed by atoms with Crippen LogP contribution in [-0.2, 0) is 6.61 Å². The summed E-state index contributed by atoms with van der Waals surface area (Å²) in [5.74, 6) is 0.646. The Labute approximate surface area is 132 Å². The smallest absolute Gasteiger partial charge is 0.273 e. The fourth-order valence-corrected chi connectivity index (χ4v) is 2.07. The van der Waals surface area contributed by atoms with Gasteiger partial charge in [-0.25, -0.2) is 4.98 Å². The highest BCUT2D eigenvalue weighted by atomic mass is 16.5. The van der Waals surface area contributed by atoms with Gasteiger partial charge in [0.1, 0.15) is 17.5 Å². The number of para-hydroxylation sites is 1. The number of carbonyl (C=O) groups is 1. The molecule has 2 aromatic heterocycles. The molecule has 0 aliphatic rings. The quantitative estimate of drug-likeness (QED) is 0.708. The zero-order valence-corrected chi connectivity index (χ0v) is 12.4. The molecule has 1 amide bonds. The molecule has 116 valence electrons. The van der Waals surface area contributed by atoms with Crippen molar-refractivity contribution in [2.75, 3.05) is 6.54 Å². The van der Waals surface area contributed by atoms with E-state index < -0.39 is 0 Å². The van der Waals surface area contributed by atoms with Crippen LogP contribution in [0.4, 0.5) is 0 Å². The maximum absolute atomic E-state index is 11.7. The van der Waals surface area contributed by atoms with Crippen LogP contribution >= 0.6 is 0 Å². The molecule has 0 fully saturated rings. The molecule has 23 heavy (non-hydrogen) atoms. The Morgan fingerprint density at radius 2 is 2.22 bits per heavy atom. The van der Waals surface area contributed by atoms with E-state index in [4.69, 9.17) is 9.15 Å². The molecule has 2 heterocycles. The van der Waals surface area contributed by atoms with E-state index in [-0.39, 0.29) is 18.2 Å². The number of benzene rings is 1. The third kappa shape index (κ3) is 3.37. The van der Waals surface area contributed by atoms with Crippen LogP contribution < -0.4 is 10.1 Å². The van der Waals surface area contributed by atoms with Gasteiger partial charge >= 0.3 is 0 Å². The fraction of sp³-hybridized carbons (Fsp3) is 0.118. The largest absolute Gasteiger partial charge is 0.482 e. The Balaban J connectivity index is 1.70. The van der Waals surface area contributed by atoms with E-state index in [0.717, 1.165) is 10.9 Å². The Hall–Kier alpha value is -3.15. The van der Waals surface area contributed by atoms with E-state index in [1.165, 1.54) is 6.26 Å². The normalized spacial score (nSPS) is 10.4. The monoisotopic (exact) mass is 309 g/mol. The Morgan fingerprint density at radius 3 is 3.09 bits per heavy atom. The van der Waals surface area contributed by atoms with E-state index in [2.05, 4.69) is 21.9 Å². The lowest BCUT2D eigenvalue weighted by Crippen LogP contribution is -2.23. The summed E-state index contributed by atoms with van der Waals surface area (Å²) in [6.45, 7) is 4.02. The first-order chi connectivity index (χ1) is 11.3. The molecule has 0 saturated heterocycles. The number of hydrogen-bond donors (Lipinski definition) is 1. The minimum Gasteiger partial charge on any atom is -0.482 e. The van der Waals surface area contributed by atoms with Crippen molar-refractivity contribution >= 4 is 16.8 Å². The van der Waals surface area contributed by atoms with Crippen LogP contribution in [0.1, 0.15) is 16.4 Å². The van der Waals surface area contributed by atoms with Crippen molar-refractivity contribution in [1.82, 2.24) is 15.3 Å². The van der Waals surface area contributed by atoms with Crippen LogP contribution in [0.15, 0.2) is 59.9 Å². The van der Waals surface area contributed by atoms with Gasteiger partial charge in [-0.3, -0.25) is 9.78 Å². The summed E-state index contributed by atoms with van der Waals surface area (Å²) in [5.41, 5.74) is 0.979. The summed E-state index contributed by atoms with van der Waals surface area (Å²) in [7, 11) is 0. The molecule has 0 spiro atoms. The molecule has 0 atom stereocenters. The number of hydrogen-bond acceptors (Lipinski definition) is 5. The van der Waals surface area contributed by atoms with Crippen molar-refractivity contribution in [1.29, 1.82) is 0 Å². The lowest BCUT2D eigenvalue weighted by Gasteiger charge is -2.06. The van der Waals surface area contributed by atoms with E-state index >= 15 is 0 Å². The number of aromatic nitrogens is 2. The third-order valence-corrected chi connectivity index (χ3v) is 3.14. The molecule has 0 aliphatic heterocycles. The molecule has 0 bridgehead atoms. The zero-order chi connectivity index (χ0) is 16.1. The lowest BCUT2D eigenvalue weighted by atomic mass is 10.2. The summed E-state index contributed by atoms with van der Waals surface area (Å²) in [6, 6.07) is 9.51. The first-order valence-corrected chi connectivity index (χ1v) is 7.08. The van der Waals surface area contributed by atoms with E-state index in [1.54, 1.807) is 12.3 Å². The van der Waals surface area contributed by atoms with Crippen molar-refractivity contribution in [3.63, 3.8) is 0 Å². The predicted molar refractivity (Wildman–Crippen MR) is 85.1 cm³/mol. The van der Waals surface area contributed by atoms with Gasteiger partial charge in [-0.2, -0.15) is 0 Å². The molecular formula is C17H15N3O3. The summed E-state index contributed by atoms with van der Waals surface area (Å²) in [4.78, 5) is 20.1. The first-order valence-electron chi connectivity index (χ1n) is 7.08. The molecule has 0 radical (unpaired) electrons. The molecule has 0 saturated carbocycles. The number of ether oxygens (including phenoxy) is 1. The van der Waals surface area contributed by atoms with Crippen LogP contribution in [0.3, 0.4) is 0 Å². The molecule has 3 aromatic rings. The average molecular weight is 309 g/mol. The average Bonchev–Trinajstić information content (AvgIpc) is 3.07. The minimum atomic E-state index is -0.313. The fourth-order valence-electron chi connectivity index (χ4n) is 2.07. The Morgan fingerprint density at radius 1 is 1.35 bits per heavy atom. The van der Waals surface area contributed by atoms with Crippen LogP contribution in [0, 0.1) is 0 Å². The van der Waals surface area contributed by atoms with Gasteiger partial charge in [0, 0.05) is 18.1 Å². The minimum absolute atomic E-state index is 0.116. The molecule has 1 N–H and O–H groups in total. The second kappa shape index (κ2) is 6.74. The number of pyridine rings is 1. The Kier molecular flexibility index (Phi) is 4.33. The van der Waals surface area contributed by atoms with Crippen molar-refractivity contribution in [2.45, 2.75) is 6.61 Å². The van der Waals surface area contributed by atoms with Crippen LogP contribution in [0.2, 0.25) is 0 Å². The van der Waals surface area contributed by atoms with Gasteiger partial charge in [0.05, 0.1) is 0 Å². The zero-order valence-electron chi connectivity index (χ0n) is 12.4. The first kappa shape index (κ1) is 14.8. The predicted octanol–water partition coefficient (Wildman–Crippen LogP) is 2.72. The third-order valence-electron chi connectivity index (χ3n) is 3.14. The SMILES string of the molecule is C=CCNC(=O)c1coc(COc2cccc3cccnc23)n1. The molecule has 1 aromatic carbocycles. The maximum Gasteiger partial charge on any atom is 0.273 e. The highest BCUT2D eigenvalue weighted by Gasteiger charge is 2.12. The van der Waals surface area contributed by atoms with Gasteiger partial charge in [-0.1, -0.05) is 24.3 Å². The number of nitrogens with zero attached hydrogens (tertiary/aromatic N) is 2. The highest BCUT2D eigenvalue weighted by molar-refractivity contribution is 5.92. The van der Waals surface area contributed by atoms with Crippen LogP contribution in [0.5, 0.6) is 5.75 Å². The number of fused-ring (bicyclic) bond motifs is 1. The van der Waals surface area contributed by atoms with E-state index in [0.29, 0.717) is 18.2 Å². The van der Waals surface area contributed by atoms with Crippen molar-refractivity contribution in [2.24, 2.45) is 0 Å². The van der Waals surface area contributed by atoms with E-state index in [1.807, 2.05) is 30.3 Å². The lowest BCUT2D eigenvalue weighted by molar-refractivity contribution is 0.0953. The Bertz CT molecular complexity index is 836. The molecule has 6 heteroatoms. The maximum atomic E-state index is 11.7. The van der Waals surface area contributed by atoms with Crippen molar-refractivity contribution in [3.05, 3.63) is 67.0 Å². The summed E-state index contributed by atoms with van der Waals surface area (Å²) >= 11 is 0. The molecule has 0 unspecified atom stereocenters. The second-order valence-corrected chi connectivity index (χ2v) is 4.75. The topological polar surface area (TPSA) is 77.2 Å².